The highest BCUT2D eigenvalue weighted by atomic mass is 35.5. The van der Waals surface area contributed by atoms with E-state index in [1.165, 1.54) is 0 Å². The minimum atomic E-state index is 0.225. The minimum Gasteiger partial charge on any atom is -0.371 e. The third-order valence-corrected chi connectivity index (χ3v) is 2.36. The molecule has 1 atom stereocenters. The molecule has 3 nitrogen and oxygen atoms in total. The van der Waals surface area contributed by atoms with Crippen LogP contribution in [0.25, 0.3) is 0 Å². The first-order valence-corrected chi connectivity index (χ1v) is 5.97. The fourth-order valence-electron chi connectivity index (χ4n) is 1.60. The van der Waals surface area contributed by atoms with Crippen LogP contribution in [0.4, 0.5) is 0 Å². The first-order chi connectivity index (χ1) is 7.47. The lowest BCUT2D eigenvalue weighted by atomic mass is 10.1. The van der Waals surface area contributed by atoms with Crippen LogP contribution in [0.2, 0.25) is 5.15 Å². The van der Waals surface area contributed by atoms with Crippen LogP contribution in [-0.2, 0) is 11.3 Å². The van der Waals surface area contributed by atoms with E-state index in [-0.39, 0.29) is 6.10 Å². The van der Waals surface area contributed by atoms with Crippen molar-refractivity contribution >= 4 is 11.6 Å². The minimum absolute atomic E-state index is 0.225. The Hall–Kier alpha value is -0.670. The summed E-state index contributed by atoms with van der Waals surface area (Å²) in [6.07, 6.45) is 1.27. The van der Waals surface area contributed by atoms with Gasteiger partial charge in [-0.25, -0.2) is 9.97 Å². The Labute approximate surface area is 102 Å². The van der Waals surface area contributed by atoms with Crippen LogP contribution in [0, 0.1) is 12.8 Å². The average molecular weight is 243 g/mol. The average Bonchev–Trinajstić information content (AvgIpc) is 2.12. The maximum atomic E-state index is 5.84. The third kappa shape index (κ3) is 4.90. The number of hydrogen-bond acceptors (Lipinski definition) is 3. The molecule has 0 fully saturated rings. The van der Waals surface area contributed by atoms with Crippen LogP contribution in [0.3, 0.4) is 0 Å². The monoisotopic (exact) mass is 242 g/mol. The van der Waals surface area contributed by atoms with Crippen molar-refractivity contribution < 1.29 is 4.74 Å². The summed E-state index contributed by atoms with van der Waals surface area (Å²) >= 11 is 5.84. The second-order valence-electron chi connectivity index (χ2n) is 4.50. The molecule has 0 spiro atoms. The van der Waals surface area contributed by atoms with Crippen LogP contribution in [0.1, 0.15) is 38.7 Å². The summed E-state index contributed by atoms with van der Waals surface area (Å²) in [5.41, 5.74) is 0.870. The molecule has 0 saturated carbocycles. The number of ether oxygens (including phenoxy) is 1. The number of aromatic nitrogens is 2. The molecule has 90 valence electrons. The molecule has 1 heterocycles. The van der Waals surface area contributed by atoms with Crippen molar-refractivity contribution in [2.75, 3.05) is 0 Å². The first-order valence-electron chi connectivity index (χ1n) is 5.59. The maximum Gasteiger partial charge on any atom is 0.155 e. The fourth-order valence-corrected chi connectivity index (χ4v) is 1.86. The van der Waals surface area contributed by atoms with E-state index in [4.69, 9.17) is 16.3 Å². The number of halogens is 1. The van der Waals surface area contributed by atoms with Gasteiger partial charge >= 0.3 is 0 Å². The van der Waals surface area contributed by atoms with Crippen molar-refractivity contribution in [2.45, 2.75) is 46.8 Å². The molecule has 0 aliphatic rings. The van der Waals surface area contributed by atoms with Crippen LogP contribution in [0.5, 0.6) is 0 Å². The summed E-state index contributed by atoms with van der Waals surface area (Å²) < 4.78 is 5.67. The molecule has 0 amide bonds. The van der Waals surface area contributed by atoms with Crippen LogP contribution < -0.4 is 0 Å². The number of rotatable bonds is 5. The zero-order valence-electron chi connectivity index (χ0n) is 10.3. The number of aryl methyl sites for hydroxylation is 1. The SMILES string of the molecule is Cc1cc(Cl)nc(COC(C)CC(C)C)n1. The first kappa shape index (κ1) is 13.4. The van der Waals surface area contributed by atoms with Crippen LogP contribution in [0.15, 0.2) is 6.07 Å². The van der Waals surface area contributed by atoms with Gasteiger partial charge in [0.1, 0.15) is 11.8 Å². The van der Waals surface area contributed by atoms with E-state index in [9.17, 15) is 0 Å². The lowest BCUT2D eigenvalue weighted by Crippen LogP contribution is -2.12. The molecule has 4 heteroatoms. The number of hydrogen-bond donors (Lipinski definition) is 0. The molecule has 0 radical (unpaired) electrons. The van der Waals surface area contributed by atoms with E-state index in [0.29, 0.717) is 23.5 Å². The summed E-state index contributed by atoms with van der Waals surface area (Å²) in [6.45, 7) is 8.75. The predicted molar refractivity (Wildman–Crippen MR) is 65.5 cm³/mol. The van der Waals surface area contributed by atoms with Gasteiger partial charge in [-0.15, -0.1) is 0 Å². The second-order valence-corrected chi connectivity index (χ2v) is 4.89. The van der Waals surface area contributed by atoms with Gasteiger partial charge in [-0.2, -0.15) is 0 Å². The van der Waals surface area contributed by atoms with Gasteiger partial charge in [0.15, 0.2) is 5.82 Å². The molecule has 0 aliphatic heterocycles. The van der Waals surface area contributed by atoms with E-state index in [1.54, 1.807) is 6.07 Å². The summed E-state index contributed by atoms with van der Waals surface area (Å²) in [4.78, 5) is 8.38. The third-order valence-electron chi connectivity index (χ3n) is 2.17. The van der Waals surface area contributed by atoms with Gasteiger partial charge in [0, 0.05) is 5.69 Å². The smallest absolute Gasteiger partial charge is 0.155 e. The van der Waals surface area contributed by atoms with E-state index in [2.05, 4.69) is 30.7 Å². The molecular formula is C12H19ClN2O. The summed E-state index contributed by atoms with van der Waals surface area (Å²) in [7, 11) is 0. The standard InChI is InChI=1S/C12H19ClN2O/c1-8(2)5-10(4)16-7-12-14-9(3)6-11(13)15-12/h6,8,10H,5,7H2,1-4H3. The van der Waals surface area contributed by atoms with Crippen molar-refractivity contribution in [3.05, 3.63) is 22.7 Å². The van der Waals surface area contributed by atoms with Gasteiger partial charge in [0.05, 0.1) is 6.10 Å². The molecule has 0 aliphatic carbocycles. The Kier molecular flexibility index (Phi) is 5.16. The summed E-state index contributed by atoms with van der Waals surface area (Å²) in [5, 5.41) is 0.475. The zero-order valence-corrected chi connectivity index (χ0v) is 11.1. The van der Waals surface area contributed by atoms with E-state index in [1.807, 2.05) is 6.92 Å². The van der Waals surface area contributed by atoms with Crippen molar-refractivity contribution in [3.8, 4) is 0 Å². The summed E-state index contributed by atoms with van der Waals surface area (Å²) in [5.74, 6) is 1.29. The largest absolute Gasteiger partial charge is 0.371 e. The molecule has 0 aromatic carbocycles. The topological polar surface area (TPSA) is 35.0 Å². The second kappa shape index (κ2) is 6.16. The van der Waals surface area contributed by atoms with Crippen molar-refractivity contribution in [2.24, 2.45) is 5.92 Å². The Morgan fingerprint density at radius 1 is 1.31 bits per heavy atom. The van der Waals surface area contributed by atoms with Gasteiger partial charge in [-0.05, 0) is 32.3 Å². The van der Waals surface area contributed by atoms with E-state index in [0.717, 1.165) is 12.1 Å². The summed E-state index contributed by atoms with van der Waals surface area (Å²) in [6, 6.07) is 1.74. The van der Waals surface area contributed by atoms with Crippen LogP contribution >= 0.6 is 11.6 Å². The predicted octanol–water partition coefficient (Wildman–Crippen LogP) is 3.39. The Bertz CT molecular complexity index is 322. The van der Waals surface area contributed by atoms with E-state index < -0.39 is 0 Å². The lowest BCUT2D eigenvalue weighted by Gasteiger charge is -2.14. The van der Waals surface area contributed by atoms with E-state index >= 15 is 0 Å². The highest BCUT2D eigenvalue weighted by molar-refractivity contribution is 6.29. The molecule has 1 unspecified atom stereocenters. The van der Waals surface area contributed by atoms with Gasteiger partial charge in [0.25, 0.3) is 0 Å². The molecule has 0 N–H and O–H groups in total. The lowest BCUT2D eigenvalue weighted by molar-refractivity contribution is 0.0358. The number of nitrogens with zero attached hydrogens (tertiary/aromatic N) is 2. The zero-order chi connectivity index (χ0) is 12.1. The molecular weight excluding hydrogens is 224 g/mol. The van der Waals surface area contributed by atoms with Gasteiger partial charge in [-0.1, -0.05) is 25.4 Å². The molecule has 1 aromatic heterocycles. The highest BCUT2D eigenvalue weighted by Gasteiger charge is 2.07. The van der Waals surface area contributed by atoms with Crippen molar-refractivity contribution in [1.82, 2.24) is 9.97 Å². The highest BCUT2D eigenvalue weighted by Crippen LogP contribution is 2.11. The quantitative estimate of drug-likeness (QED) is 0.743. The molecule has 1 rings (SSSR count). The van der Waals surface area contributed by atoms with Gasteiger partial charge in [0.2, 0.25) is 0 Å². The maximum absolute atomic E-state index is 5.84. The normalized spacial score (nSPS) is 13.1. The fraction of sp³-hybridized carbons (Fsp3) is 0.667. The molecule has 0 bridgehead atoms. The van der Waals surface area contributed by atoms with Gasteiger partial charge < -0.3 is 4.74 Å². The Balaban J connectivity index is 2.48. The molecule has 1 aromatic rings. The Morgan fingerprint density at radius 3 is 2.56 bits per heavy atom. The van der Waals surface area contributed by atoms with Gasteiger partial charge in [-0.3, -0.25) is 0 Å². The van der Waals surface area contributed by atoms with Crippen molar-refractivity contribution in [3.63, 3.8) is 0 Å². The van der Waals surface area contributed by atoms with Crippen molar-refractivity contribution in [1.29, 1.82) is 0 Å². The Morgan fingerprint density at radius 2 is 2.00 bits per heavy atom. The van der Waals surface area contributed by atoms with Crippen LogP contribution in [-0.4, -0.2) is 16.1 Å². The molecule has 0 saturated heterocycles. The molecule has 16 heavy (non-hydrogen) atoms.